The first-order valence-corrected chi connectivity index (χ1v) is 14.6. The van der Waals surface area contributed by atoms with E-state index in [2.05, 4.69) is 5.32 Å². The quantitative estimate of drug-likeness (QED) is 0.473. The third-order valence-corrected chi connectivity index (χ3v) is 8.48. The monoisotopic (exact) mass is 552 g/mol. The molecule has 3 aliphatic rings. The number of rotatable bonds is 4. The van der Waals surface area contributed by atoms with Crippen molar-refractivity contribution in [3.63, 3.8) is 0 Å². The minimum atomic E-state index is -0.986. The minimum Gasteiger partial charge on any atom is -0.464 e. The molecule has 2 aromatic carbocycles. The summed E-state index contributed by atoms with van der Waals surface area (Å²) in [5, 5.41) is 3.66. The van der Waals surface area contributed by atoms with Gasteiger partial charge in [-0.1, -0.05) is 55.8 Å². The molecule has 2 aliphatic heterocycles. The fourth-order valence-corrected chi connectivity index (χ4v) is 6.18. The van der Waals surface area contributed by atoms with Gasteiger partial charge in [-0.3, -0.25) is 9.59 Å². The fraction of sp³-hybridized carbons (Fsp3) is 0.516. The number of halogens is 1. The van der Waals surface area contributed by atoms with Gasteiger partial charge in [0.15, 0.2) is 0 Å². The maximum absolute atomic E-state index is 13.8. The number of amides is 2. The van der Waals surface area contributed by atoms with Crippen LogP contribution in [0.4, 0.5) is 0 Å². The van der Waals surface area contributed by atoms with Crippen molar-refractivity contribution in [1.82, 2.24) is 10.2 Å². The zero-order valence-electron chi connectivity index (χ0n) is 22.5. The largest absolute Gasteiger partial charge is 0.464 e. The van der Waals surface area contributed by atoms with Crippen molar-refractivity contribution < 1.29 is 23.9 Å². The molecule has 208 valence electrons. The third-order valence-electron chi connectivity index (χ3n) is 8.25. The van der Waals surface area contributed by atoms with Gasteiger partial charge in [0.2, 0.25) is 11.8 Å². The van der Waals surface area contributed by atoms with Crippen molar-refractivity contribution in [3.05, 3.63) is 58.6 Å². The van der Waals surface area contributed by atoms with Crippen LogP contribution in [0.3, 0.4) is 0 Å². The second-order valence-electron chi connectivity index (χ2n) is 11.0. The van der Waals surface area contributed by atoms with E-state index in [1.165, 1.54) is 0 Å². The molecule has 1 unspecified atom stereocenters. The molecule has 2 aromatic rings. The summed E-state index contributed by atoms with van der Waals surface area (Å²) >= 11 is 6.11. The van der Waals surface area contributed by atoms with Crippen LogP contribution in [0.1, 0.15) is 75.8 Å². The van der Waals surface area contributed by atoms with E-state index >= 15 is 0 Å². The number of carbonyl (C=O) groups is 3. The van der Waals surface area contributed by atoms with E-state index in [0.29, 0.717) is 42.3 Å². The Morgan fingerprint density at radius 1 is 1.03 bits per heavy atom. The number of carbonyl (C=O) groups excluding carboxylic acids is 3. The number of hydrogen-bond donors (Lipinski definition) is 1. The first-order chi connectivity index (χ1) is 18.9. The molecule has 1 saturated carbocycles. The molecule has 2 fully saturated rings. The molecule has 0 radical (unpaired) electrons. The molecule has 1 N–H and O–H groups in total. The summed E-state index contributed by atoms with van der Waals surface area (Å²) in [6, 6.07) is 12.3. The van der Waals surface area contributed by atoms with E-state index in [1.807, 2.05) is 30.3 Å². The van der Waals surface area contributed by atoms with Gasteiger partial charge in [-0.2, -0.15) is 0 Å². The Bertz CT molecular complexity index is 1230. The van der Waals surface area contributed by atoms with Gasteiger partial charge in [-0.25, -0.2) is 4.79 Å². The molecule has 0 aromatic heterocycles. The maximum Gasteiger partial charge on any atom is 0.332 e. The molecular formula is C31H37ClN2O5. The maximum atomic E-state index is 13.8. The van der Waals surface area contributed by atoms with Gasteiger partial charge < -0.3 is 19.7 Å². The van der Waals surface area contributed by atoms with Crippen LogP contribution in [0.15, 0.2) is 42.5 Å². The summed E-state index contributed by atoms with van der Waals surface area (Å²) in [4.78, 5) is 42.0. The van der Waals surface area contributed by atoms with Crippen LogP contribution in [0.2, 0.25) is 5.02 Å². The van der Waals surface area contributed by atoms with E-state index in [9.17, 15) is 14.4 Å². The number of fused-ring (bicyclic) bond motifs is 3. The molecule has 1 aliphatic carbocycles. The highest BCUT2D eigenvalue weighted by Gasteiger charge is 2.62. The van der Waals surface area contributed by atoms with Gasteiger partial charge in [0.1, 0.15) is 23.1 Å². The lowest BCUT2D eigenvalue weighted by atomic mass is 9.92. The standard InChI is InChI=1S/C31H37ClN2O5/c1-2-38-30(37)31-19-23(31)10-7-5-3-4-6-8-13-28(35)34-20-21-14-15-26(39-25-12-9-11-24(32)18-25)16-22(21)17-27(34)29(36)33-31/h9,11-12,14-16,18,23,27H,2-8,10,13,17,19-20H2,1H3,(H,33,36)/t23-,27?,31-/m1/s1. The van der Waals surface area contributed by atoms with E-state index in [-0.39, 0.29) is 30.3 Å². The number of benzene rings is 2. The van der Waals surface area contributed by atoms with Crippen LogP contribution in [0, 0.1) is 5.92 Å². The molecule has 0 bridgehead atoms. The highest BCUT2D eigenvalue weighted by Crippen LogP contribution is 2.48. The molecule has 7 nitrogen and oxygen atoms in total. The van der Waals surface area contributed by atoms with Crippen LogP contribution in [0.25, 0.3) is 0 Å². The van der Waals surface area contributed by atoms with E-state index < -0.39 is 11.6 Å². The molecule has 2 heterocycles. The summed E-state index contributed by atoms with van der Waals surface area (Å²) in [5.41, 5.74) is 0.960. The summed E-state index contributed by atoms with van der Waals surface area (Å²) in [5.74, 6) is 0.659. The fourth-order valence-electron chi connectivity index (χ4n) is 6.00. The highest BCUT2D eigenvalue weighted by atomic mass is 35.5. The van der Waals surface area contributed by atoms with Gasteiger partial charge in [-0.15, -0.1) is 0 Å². The van der Waals surface area contributed by atoms with Gasteiger partial charge in [0, 0.05) is 24.4 Å². The Hall–Kier alpha value is -3.06. The Balaban J connectivity index is 1.41. The van der Waals surface area contributed by atoms with Gasteiger partial charge in [-0.05, 0) is 73.6 Å². The molecule has 0 spiro atoms. The Morgan fingerprint density at radius 2 is 1.79 bits per heavy atom. The Morgan fingerprint density at radius 3 is 2.59 bits per heavy atom. The number of ether oxygens (including phenoxy) is 2. The number of nitrogens with zero attached hydrogens (tertiary/aromatic N) is 1. The normalized spacial score (nSPS) is 25.6. The number of hydrogen-bond acceptors (Lipinski definition) is 5. The summed E-state index contributed by atoms with van der Waals surface area (Å²) in [7, 11) is 0. The molecular weight excluding hydrogens is 516 g/mol. The Labute approximate surface area is 235 Å². The number of nitrogens with one attached hydrogen (secondary N) is 1. The van der Waals surface area contributed by atoms with Crippen LogP contribution < -0.4 is 10.1 Å². The van der Waals surface area contributed by atoms with Crippen LogP contribution in [-0.2, 0) is 32.1 Å². The molecule has 39 heavy (non-hydrogen) atoms. The van der Waals surface area contributed by atoms with Crippen molar-refractivity contribution >= 4 is 29.4 Å². The molecule has 8 heteroatoms. The van der Waals surface area contributed by atoms with Gasteiger partial charge in [0.25, 0.3) is 0 Å². The van der Waals surface area contributed by atoms with Gasteiger partial charge in [0.05, 0.1) is 6.61 Å². The van der Waals surface area contributed by atoms with Gasteiger partial charge >= 0.3 is 5.97 Å². The van der Waals surface area contributed by atoms with Crippen molar-refractivity contribution in [2.45, 2.75) is 89.3 Å². The Kier molecular flexibility index (Phi) is 8.46. The van der Waals surface area contributed by atoms with Crippen molar-refractivity contribution in [1.29, 1.82) is 0 Å². The zero-order valence-corrected chi connectivity index (χ0v) is 23.3. The predicted molar refractivity (Wildman–Crippen MR) is 149 cm³/mol. The third kappa shape index (κ3) is 6.24. The van der Waals surface area contributed by atoms with Crippen LogP contribution in [0.5, 0.6) is 11.5 Å². The van der Waals surface area contributed by atoms with Crippen molar-refractivity contribution in [2.75, 3.05) is 6.61 Å². The zero-order chi connectivity index (χ0) is 27.4. The summed E-state index contributed by atoms with van der Waals surface area (Å²) in [6.45, 7) is 2.39. The predicted octanol–water partition coefficient (Wildman–Crippen LogP) is 5.96. The average molecular weight is 553 g/mol. The first kappa shape index (κ1) is 27.5. The second kappa shape index (κ2) is 12.0. The molecule has 2 amide bonds. The molecule has 3 atom stereocenters. The van der Waals surface area contributed by atoms with E-state index in [4.69, 9.17) is 21.1 Å². The van der Waals surface area contributed by atoms with E-state index in [1.54, 1.807) is 24.0 Å². The lowest BCUT2D eigenvalue weighted by molar-refractivity contribution is -0.151. The van der Waals surface area contributed by atoms with E-state index in [0.717, 1.165) is 56.1 Å². The molecule has 1 saturated heterocycles. The number of esters is 1. The minimum absolute atomic E-state index is 0.0209. The van der Waals surface area contributed by atoms with Crippen molar-refractivity contribution in [2.24, 2.45) is 5.92 Å². The average Bonchev–Trinajstić information content (AvgIpc) is 3.62. The molecule has 5 rings (SSSR count). The SMILES string of the molecule is CCOC(=O)[C@@]12C[C@H]1CCCCCCCCC(=O)N1Cc3ccc(Oc4cccc(Cl)c4)cc3CC1C(=O)N2. The summed E-state index contributed by atoms with van der Waals surface area (Å²) in [6.07, 6.45) is 8.42. The lowest BCUT2D eigenvalue weighted by Crippen LogP contribution is -2.57. The smallest absolute Gasteiger partial charge is 0.332 e. The second-order valence-corrected chi connectivity index (χ2v) is 11.4. The van der Waals surface area contributed by atoms with Crippen LogP contribution in [-0.4, -0.2) is 40.9 Å². The highest BCUT2D eigenvalue weighted by molar-refractivity contribution is 6.30. The summed E-state index contributed by atoms with van der Waals surface area (Å²) < 4.78 is 11.4. The first-order valence-electron chi connectivity index (χ1n) is 14.2. The topological polar surface area (TPSA) is 84.9 Å². The lowest BCUT2D eigenvalue weighted by Gasteiger charge is -2.37. The van der Waals surface area contributed by atoms with Crippen LogP contribution >= 0.6 is 11.6 Å². The van der Waals surface area contributed by atoms with Crippen molar-refractivity contribution in [3.8, 4) is 11.5 Å².